The van der Waals surface area contributed by atoms with Crippen LogP contribution in [-0.4, -0.2) is 26.8 Å². The van der Waals surface area contributed by atoms with Gasteiger partial charge >= 0.3 is 5.97 Å². The first-order valence-corrected chi connectivity index (χ1v) is 12.0. The summed E-state index contributed by atoms with van der Waals surface area (Å²) in [4.78, 5) is 20.0. The third kappa shape index (κ3) is 5.02. The second-order valence-electron chi connectivity index (χ2n) is 8.05. The molecular formula is C27H20F2N2O3S. The molecule has 1 aliphatic rings. The number of ether oxygens (including phenoxy) is 1. The molecule has 1 N–H and O–H groups in total. The Kier molecular flexibility index (Phi) is 6.46. The van der Waals surface area contributed by atoms with Gasteiger partial charge in [-0.1, -0.05) is 24.3 Å². The summed E-state index contributed by atoms with van der Waals surface area (Å²) in [6.07, 6.45) is 5.77. The van der Waals surface area contributed by atoms with Crippen LogP contribution in [0.1, 0.15) is 39.7 Å². The van der Waals surface area contributed by atoms with Crippen molar-refractivity contribution in [1.29, 1.82) is 0 Å². The van der Waals surface area contributed by atoms with E-state index < -0.39 is 17.6 Å². The highest BCUT2D eigenvalue weighted by Gasteiger charge is 2.23. The molecule has 2 aromatic carbocycles. The van der Waals surface area contributed by atoms with Crippen LogP contribution in [0.25, 0.3) is 23.1 Å². The smallest absolute Gasteiger partial charge is 0.304 e. The van der Waals surface area contributed by atoms with Crippen LogP contribution in [0.15, 0.2) is 60.8 Å². The van der Waals surface area contributed by atoms with Gasteiger partial charge in [0, 0.05) is 23.4 Å². The maximum Gasteiger partial charge on any atom is 0.304 e. The summed E-state index contributed by atoms with van der Waals surface area (Å²) in [6, 6.07) is 15.3. The minimum atomic E-state index is -0.942. The highest BCUT2D eigenvalue weighted by Crippen LogP contribution is 2.43. The summed E-state index contributed by atoms with van der Waals surface area (Å²) >= 11 is 1.56. The van der Waals surface area contributed by atoms with Crippen LogP contribution in [0.3, 0.4) is 0 Å². The van der Waals surface area contributed by atoms with Crippen molar-refractivity contribution in [3.63, 3.8) is 0 Å². The molecule has 0 spiro atoms. The lowest BCUT2D eigenvalue weighted by Crippen LogP contribution is -2.05. The molecule has 0 aliphatic heterocycles. The number of carboxylic acids is 1. The summed E-state index contributed by atoms with van der Waals surface area (Å²) in [7, 11) is 0. The Morgan fingerprint density at radius 1 is 1.03 bits per heavy atom. The Hall–Kier alpha value is -3.78. The van der Waals surface area contributed by atoms with Crippen LogP contribution in [0.4, 0.5) is 8.78 Å². The van der Waals surface area contributed by atoms with Gasteiger partial charge in [-0.15, -0.1) is 11.8 Å². The molecule has 5 rings (SSSR count). The Labute approximate surface area is 204 Å². The lowest BCUT2D eigenvalue weighted by atomic mass is 10.0. The Morgan fingerprint density at radius 3 is 2.74 bits per heavy atom. The predicted molar refractivity (Wildman–Crippen MR) is 132 cm³/mol. The Morgan fingerprint density at radius 2 is 1.89 bits per heavy atom. The van der Waals surface area contributed by atoms with Crippen molar-refractivity contribution in [3.8, 4) is 5.75 Å². The van der Waals surface area contributed by atoms with Crippen LogP contribution in [-0.2, 0) is 11.4 Å². The van der Waals surface area contributed by atoms with Crippen LogP contribution >= 0.6 is 11.8 Å². The van der Waals surface area contributed by atoms with E-state index in [0.29, 0.717) is 28.1 Å². The molecule has 8 heteroatoms. The van der Waals surface area contributed by atoms with Gasteiger partial charge in [0.2, 0.25) is 0 Å². The zero-order valence-corrected chi connectivity index (χ0v) is 19.3. The fourth-order valence-electron chi connectivity index (χ4n) is 3.99. The van der Waals surface area contributed by atoms with Gasteiger partial charge in [0.05, 0.1) is 28.6 Å². The number of hydrogen-bond acceptors (Lipinski definition) is 5. The first kappa shape index (κ1) is 23.0. The molecule has 4 aromatic rings. The number of hydrogen-bond donors (Lipinski definition) is 1. The zero-order valence-electron chi connectivity index (χ0n) is 18.4. The van der Waals surface area contributed by atoms with Crippen molar-refractivity contribution in [2.45, 2.75) is 18.3 Å². The molecule has 1 atom stereocenters. The van der Waals surface area contributed by atoms with Crippen molar-refractivity contribution in [2.75, 3.05) is 5.75 Å². The average Bonchev–Trinajstić information content (AvgIpc) is 3.00. The number of rotatable bonds is 7. The predicted octanol–water partition coefficient (Wildman–Crippen LogP) is 6.27. The third-order valence-electron chi connectivity index (χ3n) is 5.69. The Balaban J connectivity index is 1.41. The van der Waals surface area contributed by atoms with Gasteiger partial charge in [0.25, 0.3) is 0 Å². The van der Waals surface area contributed by atoms with Crippen molar-refractivity contribution in [1.82, 2.24) is 9.97 Å². The highest BCUT2D eigenvalue weighted by atomic mass is 32.2. The average molecular weight is 491 g/mol. The number of thioether (sulfide) groups is 1. The minimum absolute atomic E-state index is 0.0633. The van der Waals surface area contributed by atoms with Crippen molar-refractivity contribution in [3.05, 3.63) is 101 Å². The topological polar surface area (TPSA) is 72.3 Å². The molecule has 35 heavy (non-hydrogen) atoms. The monoisotopic (exact) mass is 490 g/mol. The van der Waals surface area contributed by atoms with Crippen LogP contribution in [0, 0.1) is 11.6 Å². The molecule has 0 radical (unpaired) electrons. The molecule has 0 fully saturated rings. The lowest BCUT2D eigenvalue weighted by Gasteiger charge is -2.20. The third-order valence-corrected chi connectivity index (χ3v) is 6.97. The molecule has 5 nitrogen and oxygen atoms in total. The Bertz CT molecular complexity index is 1460. The number of nitrogens with zero attached hydrogens (tertiary/aromatic N) is 2. The summed E-state index contributed by atoms with van der Waals surface area (Å²) in [6.45, 7) is 0.151. The van der Waals surface area contributed by atoms with Crippen LogP contribution in [0.2, 0.25) is 0 Å². The molecule has 0 amide bonds. The van der Waals surface area contributed by atoms with Crippen molar-refractivity contribution in [2.24, 2.45) is 0 Å². The molecule has 2 aromatic heterocycles. The van der Waals surface area contributed by atoms with Crippen molar-refractivity contribution >= 4 is 40.8 Å². The molecule has 1 unspecified atom stereocenters. The van der Waals surface area contributed by atoms with E-state index in [4.69, 9.17) is 9.84 Å². The first-order chi connectivity index (χ1) is 17.0. The largest absolute Gasteiger partial charge is 0.487 e. The number of aliphatic carboxylic acids is 1. The number of carboxylic acid groups (broad SMARTS) is 1. The van der Waals surface area contributed by atoms with E-state index in [0.717, 1.165) is 34.5 Å². The van der Waals surface area contributed by atoms with Gasteiger partial charge < -0.3 is 9.84 Å². The summed E-state index contributed by atoms with van der Waals surface area (Å²) in [5, 5.41) is 9.51. The maximum atomic E-state index is 13.6. The van der Waals surface area contributed by atoms with Crippen LogP contribution in [0.5, 0.6) is 5.75 Å². The van der Waals surface area contributed by atoms with E-state index in [2.05, 4.69) is 9.97 Å². The first-order valence-electron chi connectivity index (χ1n) is 11.0. The van der Waals surface area contributed by atoms with Crippen molar-refractivity contribution < 1.29 is 23.4 Å². The number of benzene rings is 2. The molecule has 0 saturated carbocycles. The molecule has 176 valence electrons. The standard InChI is InChI=1S/C27H20F2N2O3S/c28-22-12-17-3-6-18(31-25(17)14-23(22)29)15-34-19-7-4-16-5-8-24-20(2-1-10-30-24)27(21(16)13-19)35-11-9-26(32)33/h1-8,10,12-14,27H,9,11,15H2,(H,32,33). The van der Waals surface area contributed by atoms with Gasteiger partial charge in [-0.25, -0.2) is 13.8 Å². The SMILES string of the molecule is O=C(O)CCSC1c2cc(OCc3ccc4cc(F)c(F)cc4n3)ccc2C=Cc2ncccc21. The van der Waals surface area contributed by atoms with E-state index >= 15 is 0 Å². The van der Waals surface area contributed by atoms with Crippen LogP contribution < -0.4 is 4.74 Å². The number of halogens is 2. The minimum Gasteiger partial charge on any atom is -0.487 e. The normalized spacial score (nSPS) is 14.3. The fraction of sp³-hybridized carbons (Fsp3) is 0.148. The van der Waals surface area contributed by atoms with E-state index in [1.54, 1.807) is 30.1 Å². The summed E-state index contributed by atoms with van der Waals surface area (Å²) < 4.78 is 33.1. The van der Waals surface area contributed by atoms with Gasteiger partial charge in [-0.3, -0.25) is 9.78 Å². The quantitative estimate of drug-likeness (QED) is 0.329. The van der Waals surface area contributed by atoms with Gasteiger partial charge in [0.1, 0.15) is 12.4 Å². The van der Waals surface area contributed by atoms with E-state index in [9.17, 15) is 13.6 Å². The molecule has 1 aliphatic carbocycles. The van der Waals surface area contributed by atoms with E-state index in [-0.39, 0.29) is 18.3 Å². The highest BCUT2D eigenvalue weighted by molar-refractivity contribution is 7.99. The number of pyridine rings is 2. The summed E-state index contributed by atoms with van der Waals surface area (Å²) in [5.74, 6) is -1.60. The van der Waals surface area contributed by atoms with E-state index in [1.165, 1.54) is 0 Å². The van der Waals surface area contributed by atoms with E-state index in [1.807, 2.05) is 42.5 Å². The second kappa shape index (κ2) is 9.84. The van der Waals surface area contributed by atoms with Gasteiger partial charge in [-0.05, 0) is 53.1 Å². The lowest BCUT2D eigenvalue weighted by molar-refractivity contribution is -0.136. The summed E-state index contributed by atoms with van der Waals surface area (Å²) in [5.41, 5.74) is 4.81. The number of aromatic nitrogens is 2. The molecule has 0 bridgehead atoms. The number of carbonyl (C=O) groups is 1. The van der Waals surface area contributed by atoms with Gasteiger partial charge in [0.15, 0.2) is 11.6 Å². The fourth-order valence-corrected chi connectivity index (χ4v) is 5.28. The van der Waals surface area contributed by atoms with Gasteiger partial charge in [-0.2, -0.15) is 0 Å². The molecular weight excluding hydrogens is 470 g/mol. The molecule has 0 saturated heterocycles. The molecule has 2 heterocycles. The maximum absolute atomic E-state index is 13.6. The second-order valence-corrected chi connectivity index (χ2v) is 9.26. The zero-order chi connectivity index (χ0) is 24.4. The number of fused-ring (bicyclic) bond motifs is 3.